The van der Waals surface area contributed by atoms with Crippen LogP contribution in [0.4, 0.5) is 0 Å². The smallest absolute Gasteiger partial charge is 0.332 e. The average Bonchev–Trinajstić information content (AvgIpc) is 2.69. The van der Waals surface area contributed by atoms with Crippen LogP contribution in [0.2, 0.25) is 0 Å². The zero-order valence-corrected chi connectivity index (χ0v) is 16.0. The SMILES string of the molecule is CC(=O)N[C@H]1[C@@H](OCc2ccccc2)O[C@H](CN=[N+]=[N-])[C@@H](O)[C@@H]1O[C@H](C)C(=O)O. The van der Waals surface area contributed by atoms with Crippen molar-refractivity contribution in [1.82, 2.24) is 5.32 Å². The second kappa shape index (κ2) is 10.7. The summed E-state index contributed by atoms with van der Waals surface area (Å²) in [6, 6.07) is 8.20. The number of nitrogens with zero attached hydrogens (tertiary/aromatic N) is 3. The number of carbonyl (C=O) groups is 2. The molecule has 29 heavy (non-hydrogen) atoms. The molecule has 1 amide bonds. The first-order valence-corrected chi connectivity index (χ1v) is 8.98. The van der Waals surface area contributed by atoms with Crippen molar-refractivity contribution < 1.29 is 34.0 Å². The molecule has 0 saturated carbocycles. The highest BCUT2D eigenvalue weighted by Crippen LogP contribution is 2.27. The van der Waals surface area contributed by atoms with E-state index in [-0.39, 0.29) is 13.2 Å². The van der Waals surface area contributed by atoms with Crippen LogP contribution in [0.15, 0.2) is 35.4 Å². The number of nitrogens with one attached hydrogen (secondary N) is 1. The number of ether oxygens (including phenoxy) is 3. The minimum absolute atomic E-state index is 0.132. The highest BCUT2D eigenvalue weighted by molar-refractivity contribution is 5.73. The highest BCUT2D eigenvalue weighted by Gasteiger charge is 2.48. The molecule has 0 bridgehead atoms. The summed E-state index contributed by atoms with van der Waals surface area (Å²) in [7, 11) is 0. The van der Waals surface area contributed by atoms with Crippen LogP contribution in [0.1, 0.15) is 19.4 Å². The molecule has 1 heterocycles. The molecule has 0 unspecified atom stereocenters. The Balaban J connectivity index is 2.27. The summed E-state index contributed by atoms with van der Waals surface area (Å²) < 4.78 is 17.0. The molecule has 1 saturated heterocycles. The molecule has 158 valence electrons. The van der Waals surface area contributed by atoms with Gasteiger partial charge in [-0.25, -0.2) is 4.79 Å². The van der Waals surface area contributed by atoms with Gasteiger partial charge in [-0.3, -0.25) is 4.79 Å². The van der Waals surface area contributed by atoms with Crippen molar-refractivity contribution in [3.8, 4) is 0 Å². The van der Waals surface area contributed by atoms with Crippen LogP contribution in [0.25, 0.3) is 10.4 Å². The molecule has 6 atom stereocenters. The van der Waals surface area contributed by atoms with E-state index in [2.05, 4.69) is 15.3 Å². The molecule has 1 aromatic carbocycles. The molecular weight excluding hydrogens is 384 g/mol. The van der Waals surface area contributed by atoms with Gasteiger partial charge >= 0.3 is 5.97 Å². The number of hydrogen-bond acceptors (Lipinski definition) is 7. The first-order valence-electron chi connectivity index (χ1n) is 8.98. The Morgan fingerprint density at radius 2 is 2.07 bits per heavy atom. The molecule has 1 fully saturated rings. The second-order valence-electron chi connectivity index (χ2n) is 6.55. The Morgan fingerprint density at radius 1 is 1.38 bits per heavy atom. The Hall–Kier alpha value is -2.69. The third-order valence-corrected chi connectivity index (χ3v) is 4.33. The maximum atomic E-state index is 11.7. The Kier molecular flexibility index (Phi) is 8.37. The number of rotatable bonds is 9. The number of carboxylic acids is 1. The lowest BCUT2D eigenvalue weighted by Crippen LogP contribution is -2.65. The molecule has 1 aromatic rings. The quantitative estimate of drug-likeness (QED) is 0.311. The van der Waals surface area contributed by atoms with Crippen LogP contribution < -0.4 is 5.32 Å². The van der Waals surface area contributed by atoms with Gasteiger partial charge in [-0.05, 0) is 18.0 Å². The maximum absolute atomic E-state index is 11.7. The fraction of sp³-hybridized carbons (Fsp3) is 0.556. The first kappa shape index (κ1) is 22.6. The highest BCUT2D eigenvalue weighted by atomic mass is 16.7. The number of aliphatic hydroxyl groups is 1. The molecule has 0 spiro atoms. The van der Waals surface area contributed by atoms with Gasteiger partial charge in [-0.1, -0.05) is 35.4 Å². The number of benzene rings is 1. The summed E-state index contributed by atoms with van der Waals surface area (Å²) in [4.78, 5) is 25.6. The fourth-order valence-corrected chi connectivity index (χ4v) is 2.92. The van der Waals surface area contributed by atoms with Crippen molar-refractivity contribution in [3.63, 3.8) is 0 Å². The minimum Gasteiger partial charge on any atom is -0.479 e. The zero-order chi connectivity index (χ0) is 21.4. The number of aliphatic hydroxyl groups excluding tert-OH is 1. The first-order chi connectivity index (χ1) is 13.8. The standard InChI is InChI=1S/C18H24N4O7/c1-10(17(25)26)28-16-14(21-11(2)23)18(27-9-12-6-4-3-5-7-12)29-13(15(16)24)8-20-22-19/h3-7,10,13-16,18,24H,8-9H2,1-2H3,(H,21,23)(H,25,26)/t10-,13-,14-,15-,16-,18+/m1/s1. The van der Waals surface area contributed by atoms with E-state index < -0.39 is 48.6 Å². The molecule has 11 nitrogen and oxygen atoms in total. The van der Waals surface area contributed by atoms with Gasteiger partial charge in [0.25, 0.3) is 0 Å². The zero-order valence-electron chi connectivity index (χ0n) is 16.0. The van der Waals surface area contributed by atoms with Crippen molar-refractivity contribution in [2.24, 2.45) is 5.11 Å². The maximum Gasteiger partial charge on any atom is 0.332 e. The largest absolute Gasteiger partial charge is 0.479 e. The average molecular weight is 408 g/mol. The molecule has 3 N–H and O–H groups in total. The molecule has 0 aliphatic carbocycles. The van der Waals surface area contributed by atoms with Gasteiger partial charge in [0.2, 0.25) is 5.91 Å². The van der Waals surface area contributed by atoms with Crippen molar-refractivity contribution in [3.05, 3.63) is 46.3 Å². The third-order valence-electron chi connectivity index (χ3n) is 4.33. The van der Waals surface area contributed by atoms with Crippen LogP contribution >= 0.6 is 0 Å². The number of carbonyl (C=O) groups excluding carboxylic acids is 1. The van der Waals surface area contributed by atoms with E-state index in [1.54, 1.807) is 0 Å². The van der Waals surface area contributed by atoms with Crippen LogP contribution in [0, 0.1) is 0 Å². The molecule has 0 aromatic heterocycles. The van der Waals surface area contributed by atoms with Gasteiger partial charge in [-0.15, -0.1) is 0 Å². The summed E-state index contributed by atoms with van der Waals surface area (Å²) >= 11 is 0. The van der Waals surface area contributed by atoms with Crippen LogP contribution in [0.5, 0.6) is 0 Å². The lowest BCUT2D eigenvalue weighted by Gasteiger charge is -2.44. The van der Waals surface area contributed by atoms with E-state index in [1.165, 1.54) is 13.8 Å². The topological polar surface area (TPSA) is 163 Å². The molecule has 2 rings (SSSR count). The van der Waals surface area contributed by atoms with Gasteiger partial charge in [-0.2, -0.15) is 0 Å². The molecule has 0 radical (unpaired) electrons. The number of hydrogen-bond donors (Lipinski definition) is 3. The van der Waals surface area contributed by atoms with E-state index in [4.69, 9.17) is 24.8 Å². The summed E-state index contributed by atoms with van der Waals surface area (Å²) in [5.41, 5.74) is 9.42. The second-order valence-corrected chi connectivity index (χ2v) is 6.55. The summed E-state index contributed by atoms with van der Waals surface area (Å²) in [6.07, 6.45) is -5.89. The summed E-state index contributed by atoms with van der Waals surface area (Å²) in [6.45, 7) is 2.48. The van der Waals surface area contributed by atoms with Gasteiger partial charge < -0.3 is 29.7 Å². The molecule has 1 aliphatic rings. The summed E-state index contributed by atoms with van der Waals surface area (Å²) in [5.74, 6) is -1.68. The monoisotopic (exact) mass is 408 g/mol. The van der Waals surface area contributed by atoms with Crippen LogP contribution in [-0.4, -0.2) is 65.4 Å². The van der Waals surface area contributed by atoms with Crippen molar-refractivity contribution in [2.45, 2.75) is 57.2 Å². The predicted octanol–water partition coefficient (Wildman–Crippen LogP) is 0.962. The lowest BCUT2D eigenvalue weighted by atomic mass is 9.96. The van der Waals surface area contributed by atoms with E-state index in [9.17, 15) is 14.7 Å². The van der Waals surface area contributed by atoms with Crippen molar-refractivity contribution >= 4 is 11.9 Å². The molecule has 1 aliphatic heterocycles. The summed E-state index contributed by atoms with van der Waals surface area (Å²) in [5, 5.41) is 25.8. The van der Waals surface area contributed by atoms with Crippen LogP contribution in [0.3, 0.4) is 0 Å². The van der Waals surface area contributed by atoms with Gasteiger partial charge in [0.05, 0.1) is 19.3 Å². The molecule has 11 heteroatoms. The van der Waals surface area contributed by atoms with Gasteiger partial charge in [0, 0.05) is 11.8 Å². The number of carboxylic acid groups (broad SMARTS) is 1. The number of aliphatic carboxylic acids is 1. The Morgan fingerprint density at radius 3 is 2.66 bits per heavy atom. The number of azide groups is 1. The van der Waals surface area contributed by atoms with Gasteiger partial charge in [0.1, 0.15) is 18.2 Å². The van der Waals surface area contributed by atoms with Crippen molar-refractivity contribution in [1.29, 1.82) is 0 Å². The Labute approximate surface area is 167 Å². The Bertz CT molecular complexity index is 741. The van der Waals surface area contributed by atoms with Crippen LogP contribution in [-0.2, 0) is 30.4 Å². The minimum atomic E-state index is -1.37. The van der Waals surface area contributed by atoms with E-state index in [0.29, 0.717) is 0 Å². The number of amides is 1. The van der Waals surface area contributed by atoms with Gasteiger partial charge in [0.15, 0.2) is 12.4 Å². The van der Waals surface area contributed by atoms with E-state index >= 15 is 0 Å². The van der Waals surface area contributed by atoms with Crippen molar-refractivity contribution in [2.75, 3.05) is 6.54 Å². The third kappa shape index (κ3) is 6.41. The lowest BCUT2D eigenvalue weighted by molar-refractivity contribution is -0.277. The van der Waals surface area contributed by atoms with E-state index in [1.807, 2.05) is 30.3 Å². The molecular formula is C18H24N4O7. The normalized spacial score (nSPS) is 27.5. The van der Waals surface area contributed by atoms with E-state index in [0.717, 1.165) is 5.56 Å². The predicted molar refractivity (Wildman–Crippen MR) is 99.5 cm³/mol. The fourth-order valence-electron chi connectivity index (χ4n) is 2.92.